The molecule has 1 aliphatic heterocycles. The first-order chi connectivity index (χ1) is 4.31. The van der Waals surface area contributed by atoms with E-state index in [9.17, 15) is 0 Å². The summed E-state index contributed by atoms with van der Waals surface area (Å²) in [5, 5.41) is 1.25. The standard InChI is InChI=1S/C7H13NO/c1-8-6-7(9-8)4-2-3-5-7/h2-6H2,1H3/p+1. The van der Waals surface area contributed by atoms with Gasteiger partial charge >= 0.3 is 0 Å². The van der Waals surface area contributed by atoms with Crippen molar-refractivity contribution in [3.05, 3.63) is 0 Å². The summed E-state index contributed by atoms with van der Waals surface area (Å²) in [6.07, 6.45) is 5.38. The number of quaternary nitrogens is 1. The Morgan fingerprint density at radius 2 is 1.89 bits per heavy atom. The molecule has 1 atom stereocenters. The zero-order chi connectivity index (χ0) is 6.32. The molecule has 1 saturated heterocycles. The summed E-state index contributed by atoms with van der Waals surface area (Å²) in [5.41, 5.74) is 0.351. The van der Waals surface area contributed by atoms with E-state index in [-0.39, 0.29) is 0 Å². The summed E-state index contributed by atoms with van der Waals surface area (Å²) < 4.78 is 0. The number of rotatable bonds is 0. The fourth-order valence-corrected chi connectivity index (χ4v) is 2.11. The average molecular weight is 128 g/mol. The molecule has 2 aliphatic rings. The molecule has 2 nitrogen and oxygen atoms in total. The minimum atomic E-state index is 0.351. The van der Waals surface area contributed by atoms with Crippen molar-refractivity contribution in [2.75, 3.05) is 13.6 Å². The van der Waals surface area contributed by atoms with Crippen LogP contribution in [0.15, 0.2) is 0 Å². The van der Waals surface area contributed by atoms with Crippen LogP contribution in [0.25, 0.3) is 0 Å². The smallest absolute Gasteiger partial charge is 0.178 e. The molecule has 1 saturated carbocycles. The fraction of sp³-hybridized carbons (Fsp3) is 1.00. The fourth-order valence-electron chi connectivity index (χ4n) is 2.11. The molecule has 9 heavy (non-hydrogen) atoms. The zero-order valence-corrected chi connectivity index (χ0v) is 5.94. The van der Waals surface area contributed by atoms with Gasteiger partial charge in [-0.3, -0.25) is 0 Å². The van der Waals surface area contributed by atoms with Crippen molar-refractivity contribution in [1.29, 1.82) is 0 Å². The van der Waals surface area contributed by atoms with E-state index in [1.54, 1.807) is 0 Å². The molecule has 52 valence electrons. The second-order valence-electron chi connectivity index (χ2n) is 3.37. The van der Waals surface area contributed by atoms with E-state index >= 15 is 0 Å². The molecular weight excluding hydrogens is 114 g/mol. The molecule has 0 bridgehead atoms. The van der Waals surface area contributed by atoms with Crippen molar-refractivity contribution in [1.82, 2.24) is 0 Å². The lowest BCUT2D eigenvalue weighted by molar-refractivity contribution is -1.15. The van der Waals surface area contributed by atoms with Gasteiger partial charge in [-0.25, -0.2) is 0 Å². The zero-order valence-electron chi connectivity index (χ0n) is 5.94. The third-order valence-corrected chi connectivity index (χ3v) is 2.48. The molecule has 2 heteroatoms. The summed E-state index contributed by atoms with van der Waals surface area (Å²) in [5.74, 6) is 0. The van der Waals surface area contributed by atoms with Crippen molar-refractivity contribution in [2.45, 2.75) is 31.3 Å². The van der Waals surface area contributed by atoms with Crippen LogP contribution in [0.3, 0.4) is 0 Å². The molecule has 0 amide bonds. The summed E-state index contributed by atoms with van der Waals surface area (Å²) in [6, 6.07) is 0. The van der Waals surface area contributed by atoms with Crippen LogP contribution < -0.4 is 5.06 Å². The molecule has 1 N–H and O–H groups in total. The largest absolute Gasteiger partial charge is 0.192 e. The van der Waals surface area contributed by atoms with Crippen molar-refractivity contribution in [3.8, 4) is 0 Å². The molecule has 2 fully saturated rings. The highest BCUT2D eigenvalue weighted by atomic mass is 16.7. The Morgan fingerprint density at radius 3 is 2.33 bits per heavy atom. The van der Waals surface area contributed by atoms with E-state index in [1.807, 2.05) is 0 Å². The van der Waals surface area contributed by atoms with Gasteiger partial charge in [-0.2, -0.15) is 9.90 Å². The van der Waals surface area contributed by atoms with Gasteiger partial charge in [0.05, 0.1) is 7.05 Å². The first-order valence-corrected chi connectivity index (χ1v) is 3.82. The molecule has 2 rings (SSSR count). The van der Waals surface area contributed by atoms with Gasteiger partial charge in [-0.1, -0.05) is 0 Å². The van der Waals surface area contributed by atoms with Gasteiger partial charge in [0.2, 0.25) is 0 Å². The topological polar surface area (TPSA) is 13.7 Å². The second-order valence-corrected chi connectivity index (χ2v) is 3.37. The Hall–Kier alpha value is -0.0800. The summed E-state index contributed by atoms with van der Waals surface area (Å²) >= 11 is 0. The van der Waals surface area contributed by atoms with E-state index in [0.29, 0.717) is 5.60 Å². The minimum Gasteiger partial charge on any atom is -0.192 e. The van der Waals surface area contributed by atoms with Crippen LogP contribution in [0.5, 0.6) is 0 Å². The molecule has 1 heterocycles. The van der Waals surface area contributed by atoms with Gasteiger partial charge in [-0.05, 0) is 25.7 Å². The van der Waals surface area contributed by atoms with Crippen molar-refractivity contribution >= 4 is 0 Å². The molecule has 0 radical (unpaired) electrons. The highest BCUT2D eigenvalue weighted by Crippen LogP contribution is 2.33. The van der Waals surface area contributed by atoms with Gasteiger partial charge in [0.25, 0.3) is 0 Å². The molecular formula is C7H14NO+. The Morgan fingerprint density at radius 1 is 1.33 bits per heavy atom. The molecule has 1 aliphatic carbocycles. The first kappa shape index (κ1) is 5.69. The lowest BCUT2D eigenvalue weighted by Crippen LogP contribution is -3.19. The van der Waals surface area contributed by atoms with E-state index in [2.05, 4.69) is 7.05 Å². The van der Waals surface area contributed by atoms with Gasteiger partial charge in [0, 0.05) is 0 Å². The minimum absolute atomic E-state index is 0.351. The van der Waals surface area contributed by atoms with E-state index in [0.717, 1.165) is 0 Å². The van der Waals surface area contributed by atoms with Crippen LogP contribution in [-0.2, 0) is 4.84 Å². The normalized spacial score (nSPS) is 39.0. The average Bonchev–Trinajstić information content (AvgIpc) is 2.12. The van der Waals surface area contributed by atoms with Crippen LogP contribution in [0.4, 0.5) is 0 Å². The molecule has 0 aromatic carbocycles. The Balaban J connectivity index is 1.95. The predicted octanol–water partition coefficient (Wildman–Crippen LogP) is -0.241. The van der Waals surface area contributed by atoms with Gasteiger partial charge in [0.15, 0.2) is 5.60 Å². The predicted molar refractivity (Wildman–Crippen MR) is 34.0 cm³/mol. The maximum Gasteiger partial charge on any atom is 0.178 e. The monoisotopic (exact) mass is 128 g/mol. The number of hydrogen-bond acceptors (Lipinski definition) is 1. The van der Waals surface area contributed by atoms with Crippen molar-refractivity contribution in [3.63, 3.8) is 0 Å². The summed E-state index contributed by atoms with van der Waals surface area (Å²) in [4.78, 5) is 5.60. The maximum atomic E-state index is 5.60. The SMILES string of the molecule is C[NH+]1CC2(CCCC2)O1. The van der Waals surface area contributed by atoms with Crippen LogP contribution in [0, 0.1) is 0 Å². The maximum absolute atomic E-state index is 5.60. The quantitative estimate of drug-likeness (QED) is 0.475. The molecule has 0 aromatic rings. The van der Waals surface area contributed by atoms with Crippen molar-refractivity contribution < 1.29 is 9.90 Å². The van der Waals surface area contributed by atoms with E-state index in [4.69, 9.17) is 4.84 Å². The van der Waals surface area contributed by atoms with Crippen molar-refractivity contribution in [2.24, 2.45) is 0 Å². The number of hydrogen-bond donors (Lipinski definition) is 1. The molecule has 0 aromatic heterocycles. The second kappa shape index (κ2) is 1.70. The Kier molecular flexibility index (Phi) is 1.08. The van der Waals surface area contributed by atoms with Crippen LogP contribution in [0.2, 0.25) is 0 Å². The van der Waals surface area contributed by atoms with Gasteiger partial charge < -0.3 is 0 Å². The van der Waals surface area contributed by atoms with E-state index < -0.39 is 0 Å². The highest BCUT2D eigenvalue weighted by Gasteiger charge is 2.50. The number of likely N-dealkylation sites (N-methyl/N-ethyl adjacent to an activating group) is 1. The highest BCUT2D eigenvalue weighted by molar-refractivity contribution is 4.86. The van der Waals surface area contributed by atoms with E-state index in [1.165, 1.54) is 37.3 Å². The molecule has 1 unspecified atom stereocenters. The van der Waals surface area contributed by atoms with Gasteiger partial charge in [-0.15, -0.1) is 0 Å². The lowest BCUT2D eigenvalue weighted by Gasteiger charge is -2.39. The number of nitrogens with one attached hydrogen (secondary N) is 1. The molecule has 1 spiro atoms. The summed E-state index contributed by atoms with van der Waals surface area (Å²) in [7, 11) is 2.09. The number of hydroxylamine groups is 2. The lowest BCUT2D eigenvalue weighted by atomic mass is 10.0. The van der Waals surface area contributed by atoms with Crippen LogP contribution in [-0.4, -0.2) is 19.2 Å². The third-order valence-electron chi connectivity index (χ3n) is 2.48. The van der Waals surface area contributed by atoms with Crippen LogP contribution >= 0.6 is 0 Å². The first-order valence-electron chi connectivity index (χ1n) is 3.82. The summed E-state index contributed by atoms with van der Waals surface area (Å²) in [6.45, 7) is 1.24. The van der Waals surface area contributed by atoms with Crippen LogP contribution in [0.1, 0.15) is 25.7 Å². The Bertz CT molecular complexity index is 110. The van der Waals surface area contributed by atoms with Gasteiger partial charge in [0.1, 0.15) is 6.54 Å². The third kappa shape index (κ3) is 0.775. The Labute approximate surface area is 55.7 Å².